The number of hydrogen-bond acceptors (Lipinski definition) is 3. The van der Waals surface area contributed by atoms with Crippen LogP contribution in [0.25, 0.3) is 0 Å². The number of hydrogen-bond donors (Lipinski definition) is 0. The van der Waals surface area contributed by atoms with Crippen LogP contribution in [0.5, 0.6) is 0 Å². The Morgan fingerprint density at radius 2 is 1.55 bits per heavy atom. The molecule has 2 heterocycles. The van der Waals surface area contributed by atoms with Crippen molar-refractivity contribution < 1.29 is 27.6 Å². The van der Waals surface area contributed by atoms with E-state index in [1.54, 1.807) is 23.1 Å². The molecule has 2 aliphatic heterocycles. The summed E-state index contributed by atoms with van der Waals surface area (Å²) in [5, 5.41) is 0.183. The van der Waals surface area contributed by atoms with Gasteiger partial charge in [-0.3, -0.25) is 14.4 Å². The van der Waals surface area contributed by atoms with E-state index in [1.165, 1.54) is 18.0 Å². The zero-order valence-corrected chi connectivity index (χ0v) is 25.5. The van der Waals surface area contributed by atoms with Crippen LogP contribution >= 0.6 is 34.8 Å². The quantitative estimate of drug-likeness (QED) is 0.361. The maximum absolute atomic E-state index is 13.7. The number of nitrogens with zero attached hydrogens (tertiary/aromatic N) is 3. The molecule has 6 nitrogen and oxygen atoms in total. The summed E-state index contributed by atoms with van der Waals surface area (Å²) in [6.07, 6.45) is -1.81. The molecule has 0 unspecified atom stereocenters. The van der Waals surface area contributed by atoms with Crippen LogP contribution in [0.1, 0.15) is 60.0 Å². The Kier molecular flexibility index (Phi) is 8.51. The molecule has 1 saturated carbocycles. The standard InChI is InChI=1S/C30H31Cl3F3N3O3/c1-29(9-10-29)28(42)38-11-7-17(8-12-38)27(41)39-15-20(18-3-6-23(32)24(33)14-18)25(16-39)37(2)26(40)19-4-5-22(31)21(13-19)30(34,35)36/h3-6,13-14,17,20,25H,7-12,15-16H2,1-2H3/t20-,25+/m1/s1. The van der Waals surface area contributed by atoms with Crippen LogP contribution in [-0.4, -0.2) is 71.7 Å². The van der Waals surface area contributed by atoms with Gasteiger partial charge < -0.3 is 14.7 Å². The fraction of sp³-hybridized carbons (Fsp3) is 0.500. The number of alkyl halides is 3. The first-order chi connectivity index (χ1) is 19.7. The molecule has 2 aromatic rings. The fourth-order valence-electron chi connectivity index (χ4n) is 6.03. The Balaban J connectivity index is 1.36. The van der Waals surface area contributed by atoms with Crippen molar-refractivity contribution in [2.45, 2.75) is 50.7 Å². The lowest BCUT2D eigenvalue weighted by Gasteiger charge is -2.34. The normalized spacial score (nSPS) is 22.3. The molecule has 0 aromatic heterocycles. The zero-order chi connectivity index (χ0) is 30.6. The second kappa shape index (κ2) is 11.5. The highest BCUT2D eigenvalue weighted by atomic mass is 35.5. The molecule has 0 radical (unpaired) electrons. The predicted molar refractivity (Wildman–Crippen MR) is 155 cm³/mol. The van der Waals surface area contributed by atoms with Gasteiger partial charge in [0.15, 0.2) is 0 Å². The third-order valence-electron chi connectivity index (χ3n) is 8.96. The van der Waals surface area contributed by atoms with E-state index in [2.05, 4.69) is 0 Å². The summed E-state index contributed by atoms with van der Waals surface area (Å²) in [5.41, 5.74) is -0.746. The summed E-state index contributed by atoms with van der Waals surface area (Å²) in [6, 6.07) is 7.66. The van der Waals surface area contributed by atoms with Crippen molar-refractivity contribution in [3.8, 4) is 0 Å². The van der Waals surface area contributed by atoms with E-state index in [4.69, 9.17) is 34.8 Å². The van der Waals surface area contributed by atoms with E-state index >= 15 is 0 Å². The minimum atomic E-state index is -4.72. The molecule has 12 heteroatoms. The van der Waals surface area contributed by atoms with Crippen molar-refractivity contribution in [1.29, 1.82) is 0 Å². The lowest BCUT2D eigenvalue weighted by Crippen LogP contribution is -2.46. The van der Waals surface area contributed by atoms with Gasteiger partial charge in [0.05, 0.1) is 26.7 Å². The van der Waals surface area contributed by atoms with Crippen LogP contribution in [-0.2, 0) is 15.8 Å². The van der Waals surface area contributed by atoms with Gasteiger partial charge in [-0.1, -0.05) is 47.8 Å². The average Bonchev–Trinajstić information content (AvgIpc) is 3.55. The van der Waals surface area contributed by atoms with Gasteiger partial charge in [0.1, 0.15) is 0 Å². The molecule has 0 spiro atoms. The first-order valence-electron chi connectivity index (χ1n) is 13.9. The number of likely N-dealkylation sites (tertiary alicyclic amines) is 2. The Morgan fingerprint density at radius 3 is 2.14 bits per heavy atom. The Labute approximate surface area is 257 Å². The smallest absolute Gasteiger partial charge is 0.342 e. The Bertz CT molecular complexity index is 1410. The minimum Gasteiger partial charge on any atom is -0.342 e. The highest BCUT2D eigenvalue weighted by molar-refractivity contribution is 6.42. The third kappa shape index (κ3) is 6.10. The predicted octanol–water partition coefficient (Wildman–Crippen LogP) is 6.77. The van der Waals surface area contributed by atoms with Gasteiger partial charge >= 0.3 is 6.18 Å². The van der Waals surface area contributed by atoms with E-state index in [9.17, 15) is 27.6 Å². The number of rotatable bonds is 5. The molecule has 1 aliphatic carbocycles. The second-order valence-electron chi connectivity index (χ2n) is 11.8. The van der Waals surface area contributed by atoms with E-state index in [1.807, 2.05) is 11.8 Å². The molecule has 42 heavy (non-hydrogen) atoms. The number of piperidine rings is 1. The van der Waals surface area contributed by atoms with Crippen molar-refractivity contribution in [1.82, 2.24) is 14.7 Å². The van der Waals surface area contributed by atoms with Crippen molar-refractivity contribution in [3.63, 3.8) is 0 Å². The largest absolute Gasteiger partial charge is 0.417 e. The molecule has 0 bridgehead atoms. The molecular weight excluding hydrogens is 614 g/mol. The minimum absolute atomic E-state index is 0.0565. The molecular formula is C30H31Cl3F3N3O3. The summed E-state index contributed by atoms with van der Waals surface area (Å²) in [4.78, 5) is 45.0. The van der Waals surface area contributed by atoms with Crippen LogP contribution in [0.3, 0.4) is 0 Å². The number of likely N-dealkylation sites (N-methyl/N-ethyl adjacent to an activating group) is 1. The van der Waals surface area contributed by atoms with Gasteiger partial charge in [-0.25, -0.2) is 0 Å². The first-order valence-corrected chi connectivity index (χ1v) is 15.0. The van der Waals surface area contributed by atoms with E-state index < -0.39 is 28.7 Å². The van der Waals surface area contributed by atoms with Gasteiger partial charge in [-0.05, 0) is 61.6 Å². The molecule has 2 aromatic carbocycles. The number of halogens is 6. The molecule has 2 saturated heterocycles. The van der Waals surface area contributed by atoms with Crippen LogP contribution in [0.15, 0.2) is 36.4 Å². The maximum atomic E-state index is 13.7. The Morgan fingerprint density at radius 1 is 0.905 bits per heavy atom. The average molecular weight is 645 g/mol. The molecule has 2 atom stereocenters. The van der Waals surface area contributed by atoms with Crippen molar-refractivity contribution >= 4 is 52.5 Å². The number of carbonyl (C=O) groups excluding carboxylic acids is 3. The van der Waals surface area contributed by atoms with Gasteiger partial charge in [0.25, 0.3) is 5.91 Å². The van der Waals surface area contributed by atoms with Crippen molar-refractivity contribution in [2.24, 2.45) is 11.3 Å². The highest BCUT2D eigenvalue weighted by Crippen LogP contribution is 2.47. The zero-order valence-electron chi connectivity index (χ0n) is 23.2. The van der Waals surface area contributed by atoms with E-state index in [0.29, 0.717) is 42.5 Å². The summed E-state index contributed by atoms with van der Waals surface area (Å²) < 4.78 is 40.5. The molecule has 5 rings (SSSR count). The number of benzene rings is 2. The SMILES string of the molecule is CN(C(=O)c1ccc(Cl)c(C(F)(F)F)c1)[C@H]1CN(C(=O)C2CCN(C(=O)C3(C)CC3)CC2)C[C@@H]1c1ccc(Cl)c(Cl)c1. The first kappa shape index (κ1) is 31.0. The van der Waals surface area contributed by atoms with E-state index in [0.717, 1.165) is 30.5 Å². The monoisotopic (exact) mass is 643 g/mol. The molecule has 226 valence electrons. The topological polar surface area (TPSA) is 60.9 Å². The Hall–Kier alpha value is -2.49. The summed E-state index contributed by atoms with van der Waals surface area (Å²) in [5.74, 6) is -1.14. The third-order valence-corrected chi connectivity index (χ3v) is 10.0. The van der Waals surface area contributed by atoms with Crippen LogP contribution < -0.4 is 0 Å². The van der Waals surface area contributed by atoms with Gasteiger partial charge in [0.2, 0.25) is 11.8 Å². The van der Waals surface area contributed by atoms with Crippen LogP contribution in [0.4, 0.5) is 13.2 Å². The van der Waals surface area contributed by atoms with Crippen LogP contribution in [0, 0.1) is 11.3 Å². The van der Waals surface area contributed by atoms with Crippen LogP contribution in [0.2, 0.25) is 15.1 Å². The summed E-state index contributed by atoms with van der Waals surface area (Å²) in [7, 11) is 1.52. The number of amides is 3. The number of carbonyl (C=O) groups is 3. The molecule has 3 amide bonds. The fourth-order valence-corrected chi connectivity index (χ4v) is 6.56. The lowest BCUT2D eigenvalue weighted by atomic mass is 9.93. The summed E-state index contributed by atoms with van der Waals surface area (Å²) in [6.45, 7) is 3.52. The molecule has 3 aliphatic rings. The molecule has 0 N–H and O–H groups in total. The second-order valence-corrected chi connectivity index (χ2v) is 13.0. The lowest BCUT2D eigenvalue weighted by molar-refractivity contribution is -0.142. The van der Waals surface area contributed by atoms with Gasteiger partial charge in [0, 0.05) is 56.0 Å². The highest BCUT2D eigenvalue weighted by Gasteiger charge is 2.48. The van der Waals surface area contributed by atoms with Crippen molar-refractivity contribution in [2.75, 3.05) is 33.2 Å². The van der Waals surface area contributed by atoms with Gasteiger partial charge in [-0.15, -0.1) is 0 Å². The van der Waals surface area contributed by atoms with Crippen molar-refractivity contribution in [3.05, 3.63) is 68.2 Å². The maximum Gasteiger partial charge on any atom is 0.417 e. The van der Waals surface area contributed by atoms with Gasteiger partial charge in [-0.2, -0.15) is 13.2 Å². The van der Waals surface area contributed by atoms with E-state index in [-0.39, 0.29) is 41.2 Å². The molecule has 3 fully saturated rings. The summed E-state index contributed by atoms with van der Waals surface area (Å²) >= 11 is 18.2.